The molecule has 0 bridgehead atoms. The number of rotatable bonds is 20. The molecule has 1 N–H and O–H groups in total. The number of thioether (sulfide) groups is 1. The number of aromatic nitrogens is 3. The van der Waals surface area contributed by atoms with Crippen molar-refractivity contribution in [3.63, 3.8) is 0 Å². The van der Waals surface area contributed by atoms with Crippen LogP contribution in [-0.4, -0.2) is 20.7 Å². The second kappa shape index (κ2) is 19.2. The van der Waals surface area contributed by atoms with Crippen LogP contribution >= 0.6 is 11.8 Å². The minimum Gasteiger partial charge on any atom is -0.346 e. The van der Waals surface area contributed by atoms with E-state index in [1.54, 1.807) is 23.9 Å². The zero-order valence-corrected chi connectivity index (χ0v) is 27.8. The van der Waals surface area contributed by atoms with Gasteiger partial charge in [-0.25, -0.2) is 4.39 Å². The van der Waals surface area contributed by atoms with Crippen LogP contribution < -0.4 is 5.32 Å². The highest BCUT2D eigenvalue weighted by Crippen LogP contribution is 2.29. The Morgan fingerprint density at radius 2 is 1.40 bits per heavy atom. The second-order valence-corrected chi connectivity index (χ2v) is 13.0. The van der Waals surface area contributed by atoms with E-state index >= 15 is 0 Å². The van der Waals surface area contributed by atoms with E-state index in [-0.39, 0.29) is 17.8 Å². The summed E-state index contributed by atoms with van der Waals surface area (Å²) in [6.07, 6.45) is 14.9. The van der Waals surface area contributed by atoms with E-state index < -0.39 is 0 Å². The average molecular weight is 629 g/mol. The molecule has 1 aromatic heterocycles. The van der Waals surface area contributed by atoms with Crippen LogP contribution in [0.2, 0.25) is 0 Å². The zero-order chi connectivity index (χ0) is 31.7. The average Bonchev–Trinajstić information content (AvgIpc) is 3.48. The van der Waals surface area contributed by atoms with Gasteiger partial charge in [-0.2, -0.15) is 0 Å². The molecule has 4 aromatic rings. The number of nitrogens with zero attached hydrogens (tertiary/aromatic N) is 3. The summed E-state index contributed by atoms with van der Waals surface area (Å²) in [7, 11) is 0. The first-order valence-corrected chi connectivity index (χ1v) is 17.7. The Hall–Kier alpha value is -3.45. The van der Waals surface area contributed by atoms with Crippen LogP contribution in [-0.2, 0) is 17.0 Å². The second-order valence-electron chi connectivity index (χ2n) is 12.0. The predicted molar refractivity (Wildman–Crippen MR) is 184 cm³/mol. The summed E-state index contributed by atoms with van der Waals surface area (Å²) in [6, 6.07) is 24.7. The van der Waals surface area contributed by atoms with Crippen LogP contribution in [0.1, 0.15) is 113 Å². The van der Waals surface area contributed by atoms with Crippen LogP contribution in [0.5, 0.6) is 0 Å². The first-order chi connectivity index (χ1) is 22.0. The summed E-state index contributed by atoms with van der Waals surface area (Å²) in [4.78, 5) is 13.3. The fourth-order valence-electron chi connectivity index (χ4n) is 5.54. The highest BCUT2D eigenvalue weighted by atomic mass is 32.2. The fraction of sp³-hybridized carbons (Fsp3) is 0.447. The number of hydrogen-bond acceptors (Lipinski definition) is 4. The molecule has 0 aliphatic rings. The van der Waals surface area contributed by atoms with Gasteiger partial charge in [0, 0.05) is 17.9 Å². The molecule has 0 saturated heterocycles. The van der Waals surface area contributed by atoms with Crippen molar-refractivity contribution in [1.29, 1.82) is 0 Å². The van der Waals surface area contributed by atoms with Crippen LogP contribution in [0.4, 0.5) is 4.39 Å². The molecule has 0 fully saturated rings. The van der Waals surface area contributed by atoms with E-state index in [1.807, 2.05) is 18.2 Å². The number of carbonyl (C=O) groups is 1. The predicted octanol–water partition coefficient (Wildman–Crippen LogP) is 10.1. The Morgan fingerprint density at radius 1 is 0.778 bits per heavy atom. The lowest BCUT2D eigenvalue weighted by Gasteiger charge is -2.20. The Balaban J connectivity index is 1.43. The van der Waals surface area contributed by atoms with E-state index in [2.05, 4.69) is 70.3 Å². The highest BCUT2D eigenvalue weighted by molar-refractivity contribution is 7.98. The smallest absolute Gasteiger partial charge is 0.220 e. The number of hydrogen-bond donors (Lipinski definition) is 1. The standard InChI is InChI=1S/C38H49FN4OS/c1-3-4-5-6-7-8-9-10-11-12-16-19-36(44)40-35(28-31-17-14-13-15-18-31)37-41-42-38(43(37)34-26-20-30(2)21-27-34)45-29-32-22-24-33(39)25-23-32/h13-15,17-18,20-27,35H,3-12,16,19,28-29H2,1-2H3,(H,40,44). The highest BCUT2D eigenvalue weighted by Gasteiger charge is 2.25. The zero-order valence-electron chi connectivity index (χ0n) is 27.0. The van der Waals surface area contributed by atoms with Crippen molar-refractivity contribution in [3.8, 4) is 5.69 Å². The van der Waals surface area contributed by atoms with E-state index in [1.165, 1.54) is 69.9 Å². The van der Waals surface area contributed by atoms with Gasteiger partial charge in [0.2, 0.25) is 5.91 Å². The van der Waals surface area contributed by atoms with E-state index in [0.717, 1.165) is 40.4 Å². The van der Waals surface area contributed by atoms with Gasteiger partial charge in [-0.1, -0.05) is 143 Å². The van der Waals surface area contributed by atoms with Crippen LogP contribution in [0, 0.1) is 12.7 Å². The van der Waals surface area contributed by atoms with E-state index in [9.17, 15) is 9.18 Å². The van der Waals surface area contributed by atoms with Crippen LogP contribution in [0.15, 0.2) is 84.0 Å². The van der Waals surface area contributed by atoms with Gasteiger partial charge in [-0.05, 0) is 55.2 Å². The third kappa shape index (κ3) is 11.8. The molecular weight excluding hydrogens is 580 g/mol. The Bertz CT molecular complexity index is 1410. The molecule has 4 rings (SSSR count). The Kier molecular flexibility index (Phi) is 14.7. The third-order valence-corrected chi connectivity index (χ3v) is 9.17. The fourth-order valence-corrected chi connectivity index (χ4v) is 6.45. The van der Waals surface area contributed by atoms with Crippen molar-refractivity contribution in [2.24, 2.45) is 0 Å². The molecule has 1 atom stereocenters. The number of halogens is 1. The molecule has 45 heavy (non-hydrogen) atoms. The Labute approximate surface area is 273 Å². The minimum atomic E-state index is -0.346. The van der Waals surface area contributed by atoms with E-state index in [0.29, 0.717) is 24.4 Å². The van der Waals surface area contributed by atoms with Crippen molar-refractivity contribution >= 4 is 17.7 Å². The lowest BCUT2D eigenvalue weighted by Crippen LogP contribution is -2.31. The first-order valence-electron chi connectivity index (χ1n) is 16.8. The van der Waals surface area contributed by atoms with Crippen LogP contribution in [0.3, 0.4) is 0 Å². The number of nitrogens with one attached hydrogen (secondary N) is 1. The topological polar surface area (TPSA) is 59.8 Å². The summed E-state index contributed by atoms with van der Waals surface area (Å²) >= 11 is 1.55. The minimum absolute atomic E-state index is 0.0471. The number of benzene rings is 3. The monoisotopic (exact) mass is 628 g/mol. The maximum atomic E-state index is 13.5. The number of carbonyl (C=O) groups excluding carboxylic acids is 1. The summed E-state index contributed by atoms with van der Waals surface area (Å²) in [5.74, 6) is 1.13. The van der Waals surface area contributed by atoms with Crippen molar-refractivity contribution in [1.82, 2.24) is 20.1 Å². The molecule has 3 aromatic carbocycles. The van der Waals surface area contributed by atoms with Crippen molar-refractivity contribution in [2.45, 2.75) is 114 Å². The van der Waals surface area contributed by atoms with Crippen LogP contribution in [0.25, 0.3) is 5.69 Å². The molecule has 7 heteroatoms. The quantitative estimate of drug-likeness (QED) is 0.0782. The molecule has 0 spiro atoms. The summed E-state index contributed by atoms with van der Waals surface area (Å²) in [5, 5.41) is 13.3. The molecule has 0 aliphatic heterocycles. The molecule has 1 heterocycles. The molecule has 0 radical (unpaired) electrons. The largest absolute Gasteiger partial charge is 0.346 e. The molecule has 240 valence electrons. The van der Waals surface area contributed by atoms with Gasteiger partial charge in [0.15, 0.2) is 11.0 Å². The van der Waals surface area contributed by atoms with Crippen molar-refractivity contribution in [2.75, 3.05) is 0 Å². The Morgan fingerprint density at radius 3 is 2.04 bits per heavy atom. The molecule has 1 unspecified atom stereocenters. The number of aryl methyl sites for hydroxylation is 1. The summed E-state index contributed by atoms with van der Waals surface area (Å²) in [5.41, 5.74) is 4.23. The van der Waals surface area contributed by atoms with Gasteiger partial charge in [-0.15, -0.1) is 10.2 Å². The lowest BCUT2D eigenvalue weighted by atomic mass is 10.0. The maximum Gasteiger partial charge on any atom is 0.220 e. The van der Waals surface area contributed by atoms with Gasteiger partial charge < -0.3 is 5.32 Å². The van der Waals surface area contributed by atoms with Gasteiger partial charge in [-0.3, -0.25) is 9.36 Å². The van der Waals surface area contributed by atoms with E-state index in [4.69, 9.17) is 0 Å². The maximum absolute atomic E-state index is 13.5. The molecule has 5 nitrogen and oxygen atoms in total. The molecular formula is C38H49FN4OS. The number of amides is 1. The molecule has 0 saturated carbocycles. The van der Waals surface area contributed by atoms with Gasteiger partial charge in [0.05, 0.1) is 6.04 Å². The van der Waals surface area contributed by atoms with Gasteiger partial charge in [0.25, 0.3) is 0 Å². The SMILES string of the molecule is CCCCCCCCCCCCCC(=O)NC(Cc1ccccc1)c1nnc(SCc2ccc(F)cc2)n1-c1ccc(C)cc1. The summed E-state index contributed by atoms with van der Waals surface area (Å²) in [6.45, 7) is 4.32. The number of unbranched alkanes of at least 4 members (excludes halogenated alkanes) is 10. The van der Waals surface area contributed by atoms with Gasteiger partial charge >= 0.3 is 0 Å². The van der Waals surface area contributed by atoms with Crippen molar-refractivity contribution < 1.29 is 9.18 Å². The summed E-state index contributed by atoms with van der Waals surface area (Å²) < 4.78 is 15.5. The van der Waals surface area contributed by atoms with Gasteiger partial charge in [0.1, 0.15) is 5.82 Å². The molecule has 1 amide bonds. The normalized spacial score (nSPS) is 11.9. The third-order valence-electron chi connectivity index (χ3n) is 8.17. The lowest BCUT2D eigenvalue weighted by molar-refractivity contribution is -0.122. The molecule has 0 aliphatic carbocycles. The van der Waals surface area contributed by atoms with Crippen molar-refractivity contribution in [3.05, 3.63) is 107 Å². The first kappa shape index (κ1) is 34.4.